The van der Waals surface area contributed by atoms with Crippen molar-refractivity contribution in [1.29, 1.82) is 0 Å². The van der Waals surface area contributed by atoms with E-state index in [0.29, 0.717) is 6.10 Å². The van der Waals surface area contributed by atoms with Crippen molar-refractivity contribution in [2.75, 3.05) is 20.2 Å². The summed E-state index contributed by atoms with van der Waals surface area (Å²) in [6.45, 7) is 2.01. The quantitative estimate of drug-likeness (QED) is 0.495. The van der Waals surface area contributed by atoms with Crippen molar-refractivity contribution in [2.45, 2.75) is 18.9 Å². The van der Waals surface area contributed by atoms with Crippen molar-refractivity contribution in [2.24, 2.45) is 0 Å². The molecule has 0 bridgehead atoms. The number of hydrogen-bond donors (Lipinski definition) is 1. The summed E-state index contributed by atoms with van der Waals surface area (Å²) in [7, 11) is 5.90. The lowest BCUT2D eigenvalue weighted by atomic mass is 10.2. The third kappa shape index (κ3) is 2.33. The molecule has 1 heterocycles. The molecule has 0 aliphatic carbocycles. The number of ether oxygens (including phenoxy) is 1. The van der Waals surface area contributed by atoms with Gasteiger partial charge >= 0.3 is 0 Å². The number of hydrogen-bond acceptors (Lipinski definition) is 1. The standard InChI is InChI=1S/C7H15NO/c1-8(2)6-7-4-3-5-9-7/h7-8H,1,3-6H2,2H3. The molecule has 0 amide bonds. The number of likely N-dealkylation sites (N-methyl/N-ethyl adjacent to an activating group) is 1. The van der Waals surface area contributed by atoms with Crippen LogP contribution in [-0.2, 0) is 4.74 Å². The molecule has 1 N–H and O–H groups in total. The van der Waals surface area contributed by atoms with Crippen LogP contribution in [0.2, 0.25) is 0 Å². The molecule has 2 unspecified atom stereocenters. The van der Waals surface area contributed by atoms with Gasteiger partial charge < -0.3 is 9.64 Å². The summed E-state index contributed by atoms with van der Waals surface area (Å²) in [4.78, 5) is 1.24. The minimum absolute atomic E-state index is 0.488. The highest BCUT2D eigenvalue weighted by Crippen LogP contribution is 2.09. The Bertz CT molecular complexity index is 77.0. The SMILES string of the molecule is [CH2-][NH+](C)CC1CCCO1. The third-order valence-corrected chi connectivity index (χ3v) is 1.60. The van der Waals surface area contributed by atoms with Crippen LogP contribution >= 0.6 is 0 Å². The van der Waals surface area contributed by atoms with Crippen LogP contribution in [0.5, 0.6) is 0 Å². The van der Waals surface area contributed by atoms with Crippen LogP contribution in [0.4, 0.5) is 0 Å². The maximum Gasteiger partial charge on any atom is 0.104 e. The van der Waals surface area contributed by atoms with E-state index in [2.05, 4.69) is 14.1 Å². The molecular formula is C7H15NO. The van der Waals surface area contributed by atoms with E-state index in [9.17, 15) is 0 Å². The van der Waals surface area contributed by atoms with Crippen LogP contribution in [-0.4, -0.2) is 26.3 Å². The second-order valence-electron chi connectivity index (χ2n) is 2.80. The summed E-state index contributed by atoms with van der Waals surface area (Å²) in [6, 6.07) is 0. The number of nitrogens with one attached hydrogen (secondary N) is 1. The van der Waals surface area contributed by atoms with Crippen molar-refractivity contribution >= 4 is 0 Å². The zero-order chi connectivity index (χ0) is 6.69. The van der Waals surface area contributed by atoms with Crippen molar-refractivity contribution < 1.29 is 9.64 Å². The normalized spacial score (nSPS) is 30.7. The maximum atomic E-state index is 5.40. The molecule has 2 heteroatoms. The Morgan fingerprint density at radius 2 is 2.56 bits per heavy atom. The van der Waals surface area contributed by atoms with Crippen LogP contribution in [0.15, 0.2) is 0 Å². The lowest BCUT2D eigenvalue weighted by molar-refractivity contribution is -0.835. The predicted molar refractivity (Wildman–Crippen MR) is 36.1 cm³/mol. The van der Waals surface area contributed by atoms with E-state index in [1.165, 1.54) is 17.7 Å². The van der Waals surface area contributed by atoms with E-state index in [0.717, 1.165) is 13.2 Å². The zero-order valence-electron chi connectivity index (χ0n) is 6.02. The van der Waals surface area contributed by atoms with Crippen LogP contribution in [0, 0.1) is 7.05 Å². The smallest absolute Gasteiger partial charge is 0.104 e. The minimum Gasteiger partial charge on any atom is -0.468 e. The van der Waals surface area contributed by atoms with Crippen LogP contribution < -0.4 is 4.90 Å². The van der Waals surface area contributed by atoms with E-state index >= 15 is 0 Å². The first-order chi connectivity index (χ1) is 4.29. The Kier molecular flexibility index (Phi) is 2.49. The number of quaternary nitrogens is 1. The summed E-state index contributed by atoms with van der Waals surface area (Å²) in [5.74, 6) is 0. The van der Waals surface area contributed by atoms with E-state index in [1.807, 2.05) is 0 Å². The first-order valence-electron chi connectivity index (χ1n) is 3.55. The highest BCUT2D eigenvalue weighted by Gasteiger charge is 2.16. The lowest BCUT2D eigenvalue weighted by Crippen LogP contribution is -3.04. The Morgan fingerprint density at radius 1 is 1.78 bits per heavy atom. The Hall–Kier alpha value is -0.0800. The monoisotopic (exact) mass is 129 g/mol. The molecule has 1 rings (SSSR count). The van der Waals surface area contributed by atoms with E-state index < -0.39 is 0 Å². The van der Waals surface area contributed by atoms with Crippen LogP contribution in [0.3, 0.4) is 0 Å². The molecule has 1 aliphatic rings. The largest absolute Gasteiger partial charge is 0.468 e. The maximum absolute atomic E-state index is 5.40. The number of rotatable bonds is 2. The molecule has 2 atom stereocenters. The lowest BCUT2D eigenvalue weighted by Gasteiger charge is -2.17. The zero-order valence-corrected chi connectivity index (χ0v) is 6.02. The summed E-state index contributed by atoms with van der Waals surface area (Å²) in [5, 5.41) is 0. The molecule has 0 radical (unpaired) electrons. The van der Waals surface area contributed by atoms with Crippen molar-refractivity contribution in [3.63, 3.8) is 0 Å². The summed E-state index contributed by atoms with van der Waals surface area (Å²) in [5.41, 5.74) is 0. The molecule has 0 saturated carbocycles. The predicted octanol–water partition coefficient (Wildman–Crippen LogP) is -0.528. The first-order valence-corrected chi connectivity index (χ1v) is 3.55. The highest BCUT2D eigenvalue weighted by molar-refractivity contribution is 4.61. The van der Waals surface area contributed by atoms with E-state index in [4.69, 9.17) is 4.74 Å². The molecule has 0 aromatic carbocycles. The Labute approximate surface area is 56.8 Å². The molecule has 0 spiro atoms. The molecule has 0 aromatic heterocycles. The molecule has 9 heavy (non-hydrogen) atoms. The van der Waals surface area contributed by atoms with Gasteiger partial charge in [-0.15, -0.1) is 0 Å². The van der Waals surface area contributed by atoms with Gasteiger partial charge in [0.15, 0.2) is 0 Å². The fourth-order valence-electron chi connectivity index (χ4n) is 1.19. The van der Waals surface area contributed by atoms with Gasteiger partial charge in [-0.3, -0.25) is 0 Å². The van der Waals surface area contributed by atoms with E-state index in [-0.39, 0.29) is 0 Å². The van der Waals surface area contributed by atoms with Gasteiger partial charge in [-0.25, -0.2) is 0 Å². The highest BCUT2D eigenvalue weighted by atomic mass is 16.5. The molecule has 1 saturated heterocycles. The summed E-state index contributed by atoms with van der Waals surface area (Å²) >= 11 is 0. The molecule has 2 nitrogen and oxygen atoms in total. The molecular weight excluding hydrogens is 114 g/mol. The molecule has 54 valence electrons. The minimum atomic E-state index is 0.488. The molecule has 1 aliphatic heterocycles. The Morgan fingerprint density at radius 3 is 3.00 bits per heavy atom. The second kappa shape index (κ2) is 3.18. The van der Waals surface area contributed by atoms with Gasteiger partial charge in [0.2, 0.25) is 0 Å². The fourth-order valence-corrected chi connectivity index (χ4v) is 1.19. The Balaban J connectivity index is 2.11. The van der Waals surface area contributed by atoms with Crippen LogP contribution in [0.25, 0.3) is 0 Å². The van der Waals surface area contributed by atoms with Crippen LogP contribution in [0.1, 0.15) is 12.8 Å². The average Bonchev–Trinajstić information content (AvgIpc) is 2.15. The van der Waals surface area contributed by atoms with E-state index in [1.54, 1.807) is 0 Å². The van der Waals surface area contributed by atoms with Crippen molar-refractivity contribution in [3.05, 3.63) is 7.05 Å². The molecule has 0 aromatic rings. The van der Waals surface area contributed by atoms with Gasteiger partial charge in [-0.1, -0.05) is 0 Å². The first kappa shape index (κ1) is 7.03. The average molecular weight is 129 g/mol. The molecule has 1 fully saturated rings. The van der Waals surface area contributed by atoms with Crippen molar-refractivity contribution in [3.8, 4) is 0 Å². The fraction of sp³-hybridized carbons (Fsp3) is 0.857. The van der Waals surface area contributed by atoms with Gasteiger partial charge in [0.05, 0.1) is 6.54 Å². The van der Waals surface area contributed by atoms with Gasteiger partial charge in [0, 0.05) is 13.7 Å². The van der Waals surface area contributed by atoms with Crippen molar-refractivity contribution in [1.82, 2.24) is 0 Å². The topological polar surface area (TPSA) is 13.7 Å². The third-order valence-electron chi connectivity index (χ3n) is 1.60. The van der Waals surface area contributed by atoms with Gasteiger partial charge in [0.25, 0.3) is 0 Å². The van der Waals surface area contributed by atoms with Gasteiger partial charge in [-0.2, -0.15) is 7.05 Å². The summed E-state index contributed by atoms with van der Waals surface area (Å²) in [6.07, 6.45) is 2.95. The summed E-state index contributed by atoms with van der Waals surface area (Å²) < 4.78 is 5.40. The van der Waals surface area contributed by atoms with Gasteiger partial charge in [-0.05, 0) is 12.8 Å². The van der Waals surface area contributed by atoms with Gasteiger partial charge in [0.1, 0.15) is 6.10 Å². The second-order valence-corrected chi connectivity index (χ2v) is 2.80.